The lowest BCUT2D eigenvalue weighted by molar-refractivity contribution is -0.167. The molecule has 1 heterocycles. The summed E-state index contributed by atoms with van der Waals surface area (Å²) in [5.41, 5.74) is 0. The number of rotatable bonds is 0. The van der Waals surface area contributed by atoms with Gasteiger partial charge in [0.15, 0.2) is 6.29 Å². The van der Waals surface area contributed by atoms with Crippen molar-refractivity contribution in [1.82, 2.24) is 0 Å². The summed E-state index contributed by atoms with van der Waals surface area (Å²) in [4.78, 5) is 0. The Morgan fingerprint density at radius 3 is 2.67 bits per heavy atom. The Morgan fingerprint density at radius 2 is 2.22 bits per heavy atom. The van der Waals surface area contributed by atoms with Crippen LogP contribution in [0.4, 0.5) is 0 Å². The van der Waals surface area contributed by atoms with Gasteiger partial charge in [0.2, 0.25) is 0 Å². The van der Waals surface area contributed by atoms with E-state index in [0.29, 0.717) is 0 Å². The molecular weight excluding hydrogens is 116 g/mol. The summed E-state index contributed by atoms with van der Waals surface area (Å²) in [6.07, 6.45) is 0.979. The highest BCUT2D eigenvalue weighted by Crippen LogP contribution is 2.18. The third kappa shape index (κ3) is 1.72. The maximum Gasteiger partial charge on any atom is 0.196 e. The molecule has 0 aromatic carbocycles. The van der Waals surface area contributed by atoms with Gasteiger partial charge in [0, 0.05) is 6.42 Å². The molecule has 2 heteroatoms. The van der Waals surface area contributed by atoms with Crippen LogP contribution in [0, 0.1) is 0 Å². The van der Waals surface area contributed by atoms with E-state index >= 15 is 0 Å². The first-order chi connectivity index (χ1) is 4.18. The Morgan fingerprint density at radius 1 is 1.56 bits per heavy atom. The maximum atomic E-state index is 5.27. The quantitative estimate of drug-likeness (QED) is 0.494. The van der Waals surface area contributed by atoms with Crippen molar-refractivity contribution < 1.29 is 9.47 Å². The van der Waals surface area contributed by atoms with E-state index in [1.54, 1.807) is 0 Å². The molecule has 9 heavy (non-hydrogen) atoms. The molecule has 0 saturated carbocycles. The summed E-state index contributed by atoms with van der Waals surface area (Å²) >= 11 is 0. The van der Waals surface area contributed by atoms with Gasteiger partial charge >= 0.3 is 0 Å². The van der Waals surface area contributed by atoms with E-state index in [9.17, 15) is 0 Å². The first-order valence-corrected chi connectivity index (χ1v) is 3.18. The summed E-state index contributed by atoms with van der Waals surface area (Å²) in [6, 6.07) is 0. The van der Waals surface area contributed by atoms with Crippen molar-refractivity contribution in [2.24, 2.45) is 0 Å². The van der Waals surface area contributed by atoms with E-state index < -0.39 is 0 Å². The lowest BCUT2D eigenvalue weighted by Crippen LogP contribution is -2.26. The molecule has 2 nitrogen and oxygen atoms in total. The smallest absolute Gasteiger partial charge is 0.196 e. The number of hydrogen-bond acceptors (Lipinski definition) is 2. The summed E-state index contributed by atoms with van der Waals surface area (Å²) in [5, 5.41) is 0. The van der Waals surface area contributed by atoms with Crippen LogP contribution in [0.25, 0.3) is 0 Å². The molecule has 0 N–H and O–H groups in total. The second kappa shape index (κ2) is 2.40. The van der Waals surface area contributed by atoms with E-state index in [2.05, 4.69) is 6.58 Å². The largest absolute Gasteiger partial charge is 0.470 e. The standard InChI is InChI=1S/C7H12O2/c1-5-4-6(2)9-7(3)8-5/h6-7H,1,4H2,2-3H3. The first-order valence-electron chi connectivity index (χ1n) is 3.18. The average molecular weight is 128 g/mol. The normalized spacial score (nSPS) is 36.0. The Hall–Kier alpha value is -0.500. The summed E-state index contributed by atoms with van der Waals surface area (Å²) in [6.45, 7) is 7.61. The molecule has 52 valence electrons. The molecule has 0 radical (unpaired) electrons. The molecule has 0 spiro atoms. The van der Waals surface area contributed by atoms with Crippen molar-refractivity contribution in [2.45, 2.75) is 32.7 Å². The number of ether oxygens (including phenoxy) is 2. The van der Waals surface area contributed by atoms with Crippen LogP contribution in [0.15, 0.2) is 12.3 Å². The van der Waals surface area contributed by atoms with Gasteiger partial charge in [-0.1, -0.05) is 6.58 Å². The predicted octanol–water partition coefficient (Wildman–Crippen LogP) is 1.67. The van der Waals surface area contributed by atoms with Crippen molar-refractivity contribution in [3.8, 4) is 0 Å². The minimum absolute atomic E-state index is 0.110. The molecule has 0 aliphatic carbocycles. The zero-order valence-corrected chi connectivity index (χ0v) is 5.89. The molecule has 1 saturated heterocycles. The van der Waals surface area contributed by atoms with Crippen LogP contribution >= 0.6 is 0 Å². The highest BCUT2D eigenvalue weighted by Gasteiger charge is 2.17. The Kier molecular flexibility index (Phi) is 1.76. The molecule has 0 bridgehead atoms. The first kappa shape index (κ1) is 6.62. The molecule has 1 aliphatic heterocycles. The van der Waals surface area contributed by atoms with Crippen LogP contribution in [0.1, 0.15) is 20.3 Å². The Labute approximate surface area is 55.5 Å². The van der Waals surface area contributed by atoms with Crippen molar-refractivity contribution in [3.63, 3.8) is 0 Å². The summed E-state index contributed by atoms with van der Waals surface area (Å²) < 4.78 is 10.4. The van der Waals surface area contributed by atoms with Gasteiger partial charge in [0.05, 0.1) is 11.9 Å². The van der Waals surface area contributed by atoms with E-state index in [1.165, 1.54) is 0 Å². The molecule has 2 atom stereocenters. The molecule has 2 unspecified atom stereocenters. The minimum Gasteiger partial charge on any atom is -0.470 e. The molecule has 0 amide bonds. The fourth-order valence-electron chi connectivity index (χ4n) is 1.01. The van der Waals surface area contributed by atoms with Gasteiger partial charge in [0.1, 0.15) is 0 Å². The number of hydrogen-bond donors (Lipinski definition) is 0. The molecule has 1 fully saturated rings. The Bertz CT molecular complexity index is 108. The van der Waals surface area contributed by atoms with Gasteiger partial charge in [0.25, 0.3) is 0 Å². The molecule has 0 aromatic rings. The van der Waals surface area contributed by atoms with E-state index in [1.807, 2.05) is 13.8 Å². The molecule has 1 rings (SSSR count). The SMILES string of the molecule is C=C1CC(C)OC(C)O1. The van der Waals surface area contributed by atoms with Gasteiger partial charge in [-0.05, 0) is 13.8 Å². The maximum absolute atomic E-state index is 5.27. The topological polar surface area (TPSA) is 18.5 Å². The van der Waals surface area contributed by atoms with E-state index in [-0.39, 0.29) is 12.4 Å². The lowest BCUT2D eigenvalue weighted by atomic mass is 10.2. The van der Waals surface area contributed by atoms with Gasteiger partial charge < -0.3 is 9.47 Å². The monoisotopic (exact) mass is 128 g/mol. The summed E-state index contributed by atoms with van der Waals surface area (Å²) in [7, 11) is 0. The van der Waals surface area contributed by atoms with Crippen molar-refractivity contribution in [1.29, 1.82) is 0 Å². The Balaban J connectivity index is 2.43. The van der Waals surface area contributed by atoms with Crippen LogP contribution in [-0.4, -0.2) is 12.4 Å². The molecule has 0 aromatic heterocycles. The second-order valence-electron chi connectivity index (χ2n) is 2.37. The zero-order valence-electron chi connectivity index (χ0n) is 5.89. The van der Waals surface area contributed by atoms with Gasteiger partial charge in [-0.3, -0.25) is 0 Å². The zero-order chi connectivity index (χ0) is 6.85. The van der Waals surface area contributed by atoms with Crippen LogP contribution in [0.3, 0.4) is 0 Å². The highest BCUT2D eigenvalue weighted by atomic mass is 16.7. The van der Waals surface area contributed by atoms with Gasteiger partial charge in [-0.25, -0.2) is 0 Å². The fraction of sp³-hybridized carbons (Fsp3) is 0.714. The van der Waals surface area contributed by atoms with Gasteiger partial charge in [-0.2, -0.15) is 0 Å². The third-order valence-corrected chi connectivity index (χ3v) is 1.27. The van der Waals surface area contributed by atoms with Crippen molar-refractivity contribution in [3.05, 3.63) is 12.3 Å². The highest BCUT2D eigenvalue weighted by molar-refractivity contribution is 4.87. The fourth-order valence-corrected chi connectivity index (χ4v) is 1.01. The van der Waals surface area contributed by atoms with Crippen molar-refractivity contribution in [2.75, 3.05) is 0 Å². The minimum atomic E-state index is -0.110. The van der Waals surface area contributed by atoms with Crippen LogP contribution in [0.2, 0.25) is 0 Å². The summed E-state index contributed by atoms with van der Waals surface area (Å²) in [5.74, 6) is 0.834. The van der Waals surface area contributed by atoms with Crippen molar-refractivity contribution >= 4 is 0 Å². The van der Waals surface area contributed by atoms with Gasteiger partial charge in [-0.15, -0.1) is 0 Å². The average Bonchev–Trinajstić information content (AvgIpc) is 1.59. The third-order valence-electron chi connectivity index (χ3n) is 1.27. The van der Waals surface area contributed by atoms with Crippen LogP contribution < -0.4 is 0 Å². The van der Waals surface area contributed by atoms with Crippen LogP contribution in [-0.2, 0) is 9.47 Å². The molecular formula is C7H12O2. The van der Waals surface area contributed by atoms with E-state index in [0.717, 1.165) is 12.2 Å². The van der Waals surface area contributed by atoms with Crippen LogP contribution in [0.5, 0.6) is 0 Å². The predicted molar refractivity (Wildman–Crippen MR) is 34.9 cm³/mol. The van der Waals surface area contributed by atoms with E-state index in [4.69, 9.17) is 9.47 Å². The lowest BCUT2D eigenvalue weighted by Gasteiger charge is -2.27. The molecule has 1 aliphatic rings. The second-order valence-corrected chi connectivity index (χ2v) is 2.37.